The van der Waals surface area contributed by atoms with Crippen molar-refractivity contribution in [2.24, 2.45) is 5.92 Å². The van der Waals surface area contributed by atoms with Gasteiger partial charge in [0.25, 0.3) is 0 Å². The maximum absolute atomic E-state index is 4.46. The van der Waals surface area contributed by atoms with E-state index in [-0.39, 0.29) is 0 Å². The Balaban J connectivity index is 2.74. The molecule has 84 valence electrons. The molecule has 0 spiro atoms. The largest absolute Gasteiger partial charge is 0.313 e. The first-order valence-electron chi connectivity index (χ1n) is 5.46. The summed E-state index contributed by atoms with van der Waals surface area (Å²) in [5.74, 6) is 0.577. The van der Waals surface area contributed by atoms with Crippen molar-refractivity contribution in [2.45, 2.75) is 27.7 Å². The van der Waals surface area contributed by atoms with Gasteiger partial charge in [-0.3, -0.25) is 0 Å². The van der Waals surface area contributed by atoms with Crippen molar-refractivity contribution in [3.63, 3.8) is 0 Å². The van der Waals surface area contributed by atoms with E-state index in [2.05, 4.69) is 42.5 Å². The molecule has 0 amide bonds. The first kappa shape index (κ1) is 12.4. The molecule has 0 bridgehead atoms. The molecule has 0 radical (unpaired) electrons. The Morgan fingerprint density at radius 1 is 1.60 bits per heavy atom. The van der Waals surface area contributed by atoms with Crippen LogP contribution in [-0.4, -0.2) is 18.1 Å². The molecule has 15 heavy (non-hydrogen) atoms. The van der Waals surface area contributed by atoms with Crippen molar-refractivity contribution < 1.29 is 0 Å². The number of likely N-dealkylation sites (N-methyl/N-ethyl adjacent to an activating group) is 1. The maximum Gasteiger partial charge on any atom is 0.116 e. The maximum atomic E-state index is 4.46. The lowest BCUT2D eigenvalue weighted by Gasteiger charge is -2.11. The zero-order valence-corrected chi connectivity index (χ0v) is 10.8. The Labute approximate surface area is 96.4 Å². The van der Waals surface area contributed by atoms with E-state index in [1.54, 1.807) is 11.3 Å². The van der Waals surface area contributed by atoms with Crippen LogP contribution in [-0.2, 0) is 0 Å². The number of aryl methyl sites for hydroxylation is 1. The Hall–Kier alpha value is -0.670. The van der Waals surface area contributed by atoms with Gasteiger partial charge in [0.05, 0.1) is 0 Å². The van der Waals surface area contributed by atoms with Gasteiger partial charge < -0.3 is 5.32 Å². The van der Waals surface area contributed by atoms with Crippen molar-refractivity contribution in [1.29, 1.82) is 0 Å². The van der Waals surface area contributed by atoms with Crippen LogP contribution in [0.3, 0.4) is 0 Å². The molecular formula is C12H20N2S. The van der Waals surface area contributed by atoms with Gasteiger partial charge in [0.2, 0.25) is 0 Å². The van der Waals surface area contributed by atoms with E-state index in [9.17, 15) is 0 Å². The van der Waals surface area contributed by atoms with Crippen molar-refractivity contribution >= 4 is 17.4 Å². The Morgan fingerprint density at radius 2 is 2.33 bits per heavy atom. The van der Waals surface area contributed by atoms with E-state index in [0.29, 0.717) is 5.92 Å². The molecule has 1 N–H and O–H groups in total. The zero-order valence-electron chi connectivity index (χ0n) is 10.0. The Morgan fingerprint density at radius 3 is 2.80 bits per heavy atom. The normalized spacial score (nSPS) is 12.5. The van der Waals surface area contributed by atoms with Crippen LogP contribution in [0.4, 0.5) is 0 Å². The second-order valence-corrected chi connectivity index (χ2v) is 4.87. The molecule has 1 heterocycles. The summed E-state index contributed by atoms with van der Waals surface area (Å²) in [6.07, 6.45) is 2.21. The smallest absolute Gasteiger partial charge is 0.116 e. The van der Waals surface area contributed by atoms with Crippen LogP contribution < -0.4 is 5.32 Å². The van der Waals surface area contributed by atoms with Crippen LogP contribution in [0, 0.1) is 12.8 Å². The molecule has 1 aromatic heterocycles. The second-order valence-electron chi connectivity index (χ2n) is 3.98. The number of hydrogen-bond acceptors (Lipinski definition) is 3. The molecule has 0 fully saturated rings. The monoisotopic (exact) mass is 224 g/mol. The van der Waals surface area contributed by atoms with Gasteiger partial charge in [-0.05, 0) is 25.5 Å². The summed E-state index contributed by atoms with van der Waals surface area (Å²) in [5, 5.41) is 6.58. The highest BCUT2D eigenvalue weighted by atomic mass is 32.1. The summed E-state index contributed by atoms with van der Waals surface area (Å²) in [6, 6.07) is 0. The quantitative estimate of drug-likeness (QED) is 0.831. The van der Waals surface area contributed by atoms with Gasteiger partial charge in [-0.25, -0.2) is 4.98 Å². The summed E-state index contributed by atoms with van der Waals surface area (Å²) < 4.78 is 0. The van der Waals surface area contributed by atoms with E-state index in [1.165, 1.54) is 5.57 Å². The minimum absolute atomic E-state index is 0.577. The van der Waals surface area contributed by atoms with Crippen LogP contribution in [0.5, 0.6) is 0 Å². The number of nitrogens with zero attached hydrogens (tertiary/aromatic N) is 1. The molecular weight excluding hydrogens is 204 g/mol. The van der Waals surface area contributed by atoms with Gasteiger partial charge in [0.15, 0.2) is 0 Å². The summed E-state index contributed by atoms with van der Waals surface area (Å²) >= 11 is 1.71. The lowest BCUT2D eigenvalue weighted by atomic mass is 10.0. The van der Waals surface area contributed by atoms with Gasteiger partial charge in [0.1, 0.15) is 5.01 Å². The first-order valence-corrected chi connectivity index (χ1v) is 6.34. The zero-order chi connectivity index (χ0) is 11.3. The average Bonchev–Trinajstić information content (AvgIpc) is 2.58. The lowest BCUT2D eigenvalue weighted by Crippen LogP contribution is -2.18. The molecule has 1 rings (SSSR count). The second kappa shape index (κ2) is 6.03. The predicted molar refractivity (Wildman–Crippen MR) is 68.2 cm³/mol. The lowest BCUT2D eigenvalue weighted by molar-refractivity contribution is 0.682. The summed E-state index contributed by atoms with van der Waals surface area (Å²) in [4.78, 5) is 4.46. The minimum atomic E-state index is 0.577. The van der Waals surface area contributed by atoms with Crippen LogP contribution >= 0.6 is 11.3 Å². The summed E-state index contributed by atoms with van der Waals surface area (Å²) in [5.41, 5.74) is 2.53. The van der Waals surface area contributed by atoms with Crippen molar-refractivity contribution in [3.05, 3.63) is 21.7 Å². The standard InChI is InChI=1S/C12H20N2S/c1-5-13-7-11(9(2)3)6-12-14-10(4)8-15-12/h6,8-9,13H,5,7H2,1-4H3. The molecule has 1 aromatic rings. The van der Waals surface area contributed by atoms with E-state index in [4.69, 9.17) is 0 Å². The molecule has 0 atom stereocenters. The predicted octanol–water partition coefficient (Wildman–Crippen LogP) is 3.10. The van der Waals surface area contributed by atoms with Crippen LogP contribution in [0.15, 0.2) is 11.0 Å². The van der Waals surface area contributed by atoms with Crippen molar-refractivity contribution in [1.82, 2.24) is 10.3 Å². The van der Waals surface area contributed by atoms with E-state index in [1.807, 2.05) is 6.92 Å². The van der Waals surface area contributed by atoms with E-state index >= 15 is 0 Å². The molecule has 0 aliphatic heterocycles. The molecule has 0 aliphatic carbocycles. The fourth-order valence-electron chi connectivity index (χ4n) is 1.29. The first-order chi connectivity index (χ1) is 7.13. The molecule has 0 aromatic carbocycles. The third-order valence-electron chi connectivity index (χ3n) is 2.27. The number of rotatable bonds is 5. The highest BCUT2D eigenvalue weighted by molar-refractivity contribution is 7.10. The Bertz CT molecular complexity index is 326. The highest BCUT2D eigenvalue weighted by Gasteiger charge is 2.04. The molecule has 0 unspecified atom stereocenters. The average molecular weight is 224 g/mol. The van der Waals surface area contributed by atoms with Gasteiger partial charge in [-0.1, -0.05) is 26.3 Å². The fraction of sp³-hybridized carbons (Fsp3) is 0.583. The van der Waals surface area contributed by atoms with Crippen LogP contribution in [0.2, 0.25) is 0 Å². The molecule has 2 nitrogen and oxygen atoms in total. The molecule has 0 saturated carbocycles. The number of aromatic nitrogens is 1. The summed E-state index contributed by atoms with van der Waals surface area (Å²) in [6.45, 7) is 10.6. The third kappa shape index (κ3) is 4.14. The van der Waals surface area contributed by atoms with Gasteiger partial charge in [-0.15, -0.1) is 11.3 Å². The number of hydrogen-bond donors (Lipinski definition) is 1. The van der Waals surface area contributed by atoms with Gasteiger partial charge in [-0.2, -0.15) is 0 Å². The number of thiazole rings is 1. The van der Waals surface area contributed by atoms with Crippen molar-refractivity contribution in [3.8, 4) is 0 Å². The highest BCUT2D eigenvalue weighted by Crippen LogP contribution is 2.17. The topological polar surface area (TPSA) is 24.9 Å². The molecule has 3 heteroatoms. The molecule has 0 saturated heterocycles. The number of nitrogens with one attached hydrogen (secondary N) is 1. The third-order valence-corrected chi connectivity index (χ3v) is 3.18. The van der Waals surface area contributed by atoms with Crippen LogP contribution in [0.25, 0.3) is 6.08 Å². The molecule has 0 aliphatic rings. The van der Waals surface area contributed by atoms with E-state index < -0.39 is 0 Å². The fourth-order valence-corrected chi connectivity index (χ4v) is 2.05. The SMILES string of the molecule is CCNCC(=Cc1nc(C)cs1)C(C)C. The van der Waals surface area contributed by atoms with Gasteiger partial charge >= 0.3 is 0 Å². The van der Waals surface area contributed by atoms with Gasteiger partial charge in [0, 0.05) is 17.6 Å². The van der Waals surface area contributed by atoms with Crippen molar-refractivity contribution in [2.75, 3.05) is 13.1 Å². The van der Waals surface area contributed by atoms with Crippen LogP contribution in [0.1, 0.15) is 31.5 Å². The summed E-state index contributed by atoms with van der Waals surface area (Å²) in [7, 11) is 0. The Kier molecular flexibility index (Phi) is 4.99. The minimum Gasteiger partial charge on any atom is -0.313 e. The van der Waals surface area contributed by atoms with E-state index in [0.717, 1.165) is 23.8 Å².